The Bertz CT molecular complexity index is 918. The van der Waals surface area contributed by atoms with Crippen LogP contribution in [0.4, 0.5) is 11.4 Å². The van der Waals surface area contributed by atoms with Crippen LogP contribution in [-0.4, -0.2) is 12.5 Å². The summed E-state index contributed by atoms with van der Waals surface area (Å²) >= 11 is 0. The summed E-state index contributed by atoms with van der Waals surface area (Å²) in [7, 11) is 0. The highest BCUT2D eigenvalue weighted by atomic mass is 16.1. The van der Waals surface area contributed by atoms with Gasteiger partial charge in [0.15, 0.2) is 0 Å². The molecule has 0 aromatic heterocycles. The number of hydrogen-bond donors (Lipinski definition) is 3. The maximum absolute atomic E-state index is 12.6. The van der Waals surface area contributed by atoms with Crippen LogP contribution < -0.4 is 16.4 Å². The number of hydrogen-bond acceptors (Lipinski definition) is 3. The lowest BCUT2D eigenvalue weighted by Crippen LogP contribution is -2.19. The molecule has 0 spiro atoms. The molecule has 3 rings (SSSR count). The van der Waals surface area contributed by atoms with Gasteiger partial charge in [0.2, 0.25) is 0 Å². The number of carbonyl (C=O) groups is 1. The van der Waals surface area contributed by atoms with Gasteiger partial charge in [0.05, 0.1) is 11.4 Å². The molecule has 0 aliphatic carbocycles. The minimum Gasteiger partial charge on any atom is -0.397 e. The van der Waals surface area contributed by atoms with Crippen molar-refractivity contribution in [1.82, 2.24) is 5.32 Å². The first-order valence-corrected chi connectivity index (χ1v) is 9.59. The van der Waals surface area contributed by atoms with Gasteiger partial charge < -0.3 is 16.4 Å². The van der Waals surface area contributed by atoms with E-state index >= 15 is 0 Å². The van der Waals surface area contributed by atoms with Gasteiger partial charge in [0.1, 0.15) is 0 Å². The number of carbonyl (C=O) groups excluding carboxylic acids is 1. The lowest BCUT2D eigenvalue weighted by atomic mass is 10.0. The summed E-state index contributed by atoms with van der Waals surface area (Å²) in [6, 6.07) is 23.4. The van der Waals surface area contributed by atoms with Gasteiger partial charge in [-0.05, 0) is 53.4 Å². The van der Waals surface area contributed by atoms with Gasteiger partial charge in [-0.2, -0.15) is 0 Å². The SMILES string of the molecule is CC(C)CNCc1ccc(C(=O)Nc2cc(-c3ccccc3)ccc2N)cc1. The van der Waals surface area contributed by atoms with Crippen LogP contribution in [0, 0.1) is 5.92 Å². The van der Waals surface area contributed by atoms with Crippen LogP contribution >= 0.6 is 0 Å². The first-order chi connectivity index (χ1) is 13.5. The molecule has 0 atom stereocenters. The van der Waals surface area contributed by atoms with E-state index in [1.807, 2.05) is 72.8 Å². The van der Waals surface area contributed by atoms with Crippen LogP contribution in [0.2, 0.25) is 0 Å². The monoisotopic (exact) mass is 373 g/mol. The second kappa shape index (κ2) is 9.20. The topological polar surface area (TPSA) is 67.2 Å². The fourth-order valence-electron chi connectivity index (χ4n) is 2.95. The number of nitrogens with one attached hydrogen (secondary N) is 2. The van der Waals surface area contributed by atoms with Crippen molar-refractivity contribution in [3.05, 3.63) is 83.9 Å². The lowest BCUT2D eigenvalue weighted by Gasteiger charge is -2.11. The quantitative estimate of drug-likeness (QED) is 0.514. The van der Waals surface area contributed by atoms with E-state index in [0.717, 1.165) is 29.8 Å². The third kappa shape index (κ3) is 5.21. The van der Waals surface area contributed by atoms with Gasteiger partial charge in [-0.3, -0.25) is 4.79 Å². The molecule has 1 amide bonds. The molecule has 4 nitrogen and oxygen atoms in total. The van der Waals surface area contributed by atoms with Gasteiger partial charge >= 0.3 is 0 Å². The number of nitrogens with two attached hydrogens (primary N) is 1. The van der Waals surface area contributed by atoms with Gasteiger partial charge in [0.25, 0.3) is 5.91 Å². The fraction of sp³-hybridized carbons (Fsp3) is 0.208. The number of benzene rings is 3. The zero-order valence-electron chi connectivity index (χ0n) is 16.4. The van der Waals surface area contributed by atoms with E-state index in [0.29, 0.717) is 22.9 Å². The second-order valence-corrected chi connectivity index (χ2v) is 7.34. The summed E-state index contributed by atoms with van der Waals surface area (Å²) in [5.74, 6) is 0.445. The number of amides is 1. The Kier molecular flexibility index (Phi) is 6.45. The average Bonchev–Trinajstić information content (AvgIpc) is 2.70. The Hall–Kier alpha value is -3.11. The van der Waals surface area contributed by atoms with Crippen molar-refractivity contribution < 1.29 is 4.79 Å². The summed E-state index contributed by atoms with van der Waals surface area (Å²) in [5.41, 5.74) is 11.1. The highest BCUT2D eigenvalue weighted by molar-refractivity contribution is 6.06. The Balaban J connectivity index is 1.69. The first kappa shape index (κ1) is 19.6. The third-order valence-electron chi connectivity index (χ3n) is 4.51. The molecule has 0 fully saturated rings. The van der Waals surface area contributed by atoms with E-state index in [9.17, 15) is 4.79 Å². The van der Waals surface area contributed by atoms with Crippen molar-refractivity contribution in [1.29, 1.82) is 0 Å². The highest BCUT2D eigenvalue weighted by Crippen LogP contribution is 2.27. The molecule has 0 aliphatic heterocycles. The number of anilines is 2. The van der Waals surface area contributed by atoms with Crippen molar-refractivity contribution in [2.75, 3.05) is 17.6 Å². The van der Waals surface area contributed by atoms with Crippen molar-refractivity contribution in [2.45, 2.75) is 20.4 Å². The second-order valence-electron chi connectivity index (χ2n) is 7.34. The molecule has 3 aromatic rings. The largest absolute Gasteiger partial charge is 0.397 e. The molecule has 4 N–H and O–H groups in total. The van der Waals surface area contributed by atoms with Crippen LogP contribution in [0.15, 0.2) is 72.8 Å². The molecule has 0 radical (unpaired) electrons. The summed E-state index contributed by atoms with van der Waals surface area (Å²) in [4.78, 5) is 12.6. The van der Waals surface area contributed by atoms with E-state index in [4.69, 9.17) is 5.73 Å². The van der Waals surface area contributed by atoms with Crippen LogP contribution in [0.25, 0.3) is 11.1 Å². The Morgan fingerprint density at radius 3 is 2.32 bits per heavy atom. The van der Waals surface area contributed by atoms with Gasteiger partial charge in [-0.1, -0.05) is 62.4 Å². The summed E-state index contributed by atoms with van der Waals surface area (Å²) < 4.78 is 0. The Labute approximate surface area is 166 Å². The molecule has 0 saturated heterocycles. The van der Waals surface area contributed by atoms with E-state index in [1.165, 1.54) is 0 Å². The molecule has 144 valence electrons. The van der Waals surface area contributed by atoms with Crippen molar-refractivity contribution >= 4 is 17.3 Å². The third-order valence-corrected chi connectivity index (χ3v) is 4.51. The average molecular weight is 374 g/mol. The molecule has 28 heavy (non-hydrogen) atoms. The Morgan fingerprint density at radius 2 is 1.64 bits per heavy atom. The van der Waals surface area contributed by atoms with Crippen LogP contribution in [0.5, 0.6) is 0 Å². The standard InChI is InChI=1S/C24H27N3O/c1-17(2)15-26-16-18-8-10-20(11-9-18)24(28)27-23-14-21(12-13-22(23)25)19-6-4-3-5-7-19/h3-14,17,26H,15-16,25H2,1-2H3,(H,27,28). The minimum absolute atomic E-state index is 0.168. The Morgan fingerprint density at radius 1 is 0.929 bits per heavy atom. The van der Waals surface area contributed by atoms with Crippen molar-refractivity contribution in [3.8, 4) is 11.1 Å². The van der Waals surface area contributed by atoms with E-state index < -0.39 is 0 Å². The van der Waals surface area contributed by atoms with E-state index in [2.05, 4.69) is 24.5 Å². The maximum Gasteiger partial charge on any atom is 0.255 e. The first-order valence-electron chi connectivity index (χ1n) is 9.59. The smallest absolute Gasteiger partial charge is 0.255 e. The summed E-state index contributed by atoms with van der Waals surface area (Å²) in [6.45, 7) is 6.13. The van der Waals surface area contributed by atoms with Gasteiger partial charge in [-0.25, -0.2) is 0 Å². The molecule has 0 bridgehead atoms. The lowest BCUT2D eigenvalue weighted by molar-refractivity contribution is 0.102. The molecular weight excluding hydrogens is 346 g/mol. The minimum atomic E-state index is -0.168. The molecular formula is C24H27N3O. The van der Waals surface area contributed by atoms with Crippen LogP contribution in [0.3, 0.4) is 0 Å². The van der Waals surface area contributed by atoms with E-state index in [1.54, 1.807) is 0 Å². The summed E-state index contributed by atoms with van der Waals surface area (Å²) in [6.07, 6.45) is 0. The fourth-order valence-corrected chi connectivity index (χ4v) is 2.95. The predicted octanol–water partition coefficient (Wildman–Crippen LogP) is 4.93. The summed E-state index contributed by atoms with van der Waals surface area (Å²) in [5, 5.41) is 6.34. The molecule has 0 heterocycles. The normalized spacial score (nSPS) is 10.8. The van der Waals surface area contributed by atoms with Gasteiger partial charge in [0, 0.05) is 12.1 Å². The highest BCUT2D eigenvalue weighted by Gasteiger charge is 2.10. The zero-order valence-corrected chi connectivity index (χ0v) is 16.4. The molecule has 0 aliphatic rings. The maximum atomic E-state index is 12.6. The predicted molar refractivity (Wildman–Crippen MR) is 117 cm³/mol. The zero-order chi connectivity index (χ0) is 19.9. The molecule has 0 unspecified atom stereocenters. The number of nitrogen functional groups attached to an aromatic ring is 1. The van der Waals surface area contributed by atoms with Crippen molar-refractivity contribution in [2.24, 2.45) is 5.92 Å². The van der Waals surface area contributed by atoms with Gasteiger partial charge in [-0.15, -0.1) is 0 Å². The molecule has 4 heteroatoms. The van der Waals surface area contributed by atoms with Crippen LogP contribution in [-0.2, 0) is 6.54 Å². The van der Waals surface area contributed by atoms with Crippen molar-refractivity contribution in [3.63, 3.8) is 0 Å². The number of rotatable bonds is 7. The molecule has 0 saturated carbocycles. The van der Waals surface area contributed by atoms with E-state index in [-0.39, 0.29) is 5.91 Å². The molecule has 3 aromatic carbocycles. The van der Waals surface area contributed by atoms with Crippen LogP contribution in [0.1, 0.15) is 29.8 Å².